The molecule has 0 bridgehead atoms. The number of aryl methyl sites for hydroxylation is 1. The molecule has 156 valence electrons. The Morgan fingerprint density at radius 3 is 1.57 bits per heavy atom. The molecule has 0 aliphatic heterocycles. The summed E-state index contributed by atoms with van der Waals surface area (Å²) in [4.78, 5) is 0. The van der Waals surface area contributed by atoms with Gasteiger partial charge in [0.25, 0.3) is 0 Å². The van der Waals surface area contributed by atoms with Crippen molar-refractivity contribution in [2.75, 3.05) is 0 Å². The number of benzene rings is 1. The standard InChI is InChI=1S/C27H44N/c1-2-3-4-5-6-7-8-9-10-11-12-13-14-15-16-19-24-28-25-20-22-26-21-17-18-23-27(26)28/h17-18,20-23,25H,2-16,19,24H2,1H3/q+1. The maximum Gasteiger partial charge on any atom is 0.212 e. The number of nitrogens with zero attached hydrogens (tertiary/aromatic N) is 1. The maximum absolute atomic E-state index is 2.42. The molecule has 0 aliphatic carbocycles. The van der Waals surface area contributed by atoms with Gasteiger partial charge in [0, 0.05) is 23.9 Å². The average molecular weight is 383 g/mol. The molecule has 1 heteroatoms. The minimum atomic E-state index is 1.15. The first-order chi connectivity index (χ1) is 13.9. The fraction of sp³-hybridized carbons (Fsp3) is 0.667. The number of unbranched alkanes of at least 4 members (excludes halogenated alkanes) is 15. The van der Waals surface area contributed by atoms with Crippen LogP contribution in [0.25, 0.3) is 10.9 Å². The van der Waals surface area contributed by atoms with Gasteiger partial charge in [-0.2, -0.15) is 4.57 Å². The second-order valence-corrected chi connectivity index (χ2v) is 8.56. The molecule has 0 amide bonds. The zero-order valence-corrected chi connectivity index (χ0v) is 18.5. The van der Waals surface area contributed by atoms with Crippen LogP contribution in [0.1, 0.15) is 110 Å². The van der Waals surface area contributed by atoms with Gasteiger partial charge in [-0.25, -0.2) is 0 Å². The molecule has 2 aromatic rings. The summed E-state index contributed by atoms with van der Waals surface area (Å²) in [7, 11) is 0. The highest BCUT2D eigenvalue weighted by atomic mass is 14.9. The van der Waals surface area contributed by atoms with Gasteiger partial charge in [-0.05, 0) is 18.6 Å². The smallest absolute Gasteiger partial charge is 0.198 e. The number of hydrogen-bond acceptors (Lipinski definition) is 0. The second-order valence-electron chi connectivity index (χ2n) is 8.56. The van der Waals surface area contributed by atoms with Gasteiger partial charge < -0.3 is 0 Å². The summed E-state index contributed by atoms with van der Waals surface area (Å²) >= 11 is 0. The Labute approximate surface area is 174 Å². The van der Waals surface area contributed by atoms with Gasteiger partial charge in [-0.1, -0.05) is 109 Å². The van der Waals surface area contributed by atoms with Gasteiger partial charge >= 0.3 is 0 Å². The van der Waals surface area contributed by atoms with Gasteiger partial charge in [0.15, 0.2) is 6.20 Å². The first-order valence-electron chi connectivity index (χ1n) is 12.3. The summed E-state index contributed by atoms with van der Waals surface area (Å²) in [5.74, 6) is 0. The van der Waals surface area contributed by atoms with E-state index < -0.39 is 0 Å². The highest BCUT2D eigenvalue weighted by Crippen LogP contribution is 2.14. The van der Waals surface area contributed by atoms with Crippen molar-refractivity contribution in [2.24, 2.45) is 0 Å². The zero-order valence-electron chi connectivity index (χ0n) is 18.5. The fourth-order valence-corrected chi connectivity index (χ4v) is 4.25. The molecule has 0 saturated carbocycles. The Hall–Kier alpha value is -1.37. The number of para-hydroxylation sites is 1. The molecular formula is C27H44N+. The van der Waals surface area contributed by atoms with Crippen LogP contribution >= 0.6 is 0 Å². The van der Waals surface area contributed by atoms with Gasteiger partial charge in [-0.3, -0.25) is 0 Å². The van der Waals surface area contributed by atoms with Crippen LogP contribution in [0.3, 0.4) is 0 Å². The van der Waals surface area contributed by atoms with E-state index in [0.717, 1.165) is 6.54 Å². The molecule has 0 unspecified atom stereocenters. The molecule has 2 rings (SSSR count). The number of hydrogen-bond donors (Lipinski definition) is 0. The molecular weight excluding hydrogens is 338 g/mol. The normalized spacial score (nSPS) is 11.3. The van der Waals surface area contributed by atoms with Crippen molar-refractivity contribution >= 4 is 10.9 Å². The van der Waals surface area contributed by atoms with Crippen LogP contribution < -0.4 is 4.57 Å². The maximum atomic E-state index is 2.42. The summed E-state index contributed by atoms with van der Waals surface area (Å²) in [6.07, 6.45) is 25.2. The Morgan fingerprint density at radius 1 is 0.536 bits per heavy atom. The highest BCUT2D eigenvalue weighted by Gasteiger charge is 2.06. The summed E-state index contributed by atoms with van der Waals surface area (Å²) in [6, 6.07) is 13.1. The van der Waals surface area contributed by atoms with Crippen LogP contribution in [0, 0.1) is 0 Å². The van der Waals surface area contributed by atoms with Gasteiger partial charge in [0.05, 0.1) is 0 Å². The van der Waals surface area contributed by atoms with Crippen molar-refractivity contribution in [2.45, 2.75) is 116 Å². The molecule has 0 atom stereocenters. The van der Waals surface area contributed by atoms with E-state index in [0.29, 0.717) is 0 Å². The SMILES string of the molecule is CCCCCCCCCCCCCCCCCC[n+]1cccc2ccccc21. The van der Waals surface area contributed by atoms with E-state index in [4.69, 9.17) is 0 Å². The zero-order chi connectivity index (χ0) is 19.7. The van der Waals surface area contributed by atoms with Crippen LogP contribution in [0.15, 0.2) is 42.6 Å². The molecule has 0 fully saturated rings. The van der Waals surface area contributed by atoms with E-state index >= 15 is 0 Å². The summed E-state index contributed by atoms with van der Waals surface area (Å²) in [6.45, 7) is 3.45. The number of aromatic nitrogens is 1. The third-order valence-electron chi connectivity index (χ3n) is 6.04. The van der Waals surface area contributed by atoms with Crippen molar-refractivity contribution in [3.05, 3.63) is 42.6 Å². The first kappa shape index (κ1) is 22.9. The Bertz CT molecular complexity index is 613. The molecule has 28 heavy (non-hydrogen) atoms. The molecule has 1 aromatic heterocycles. The fourth-order valence-electron chi connectivity index (χ4n) is 4.25. The van der Waals surface area contributed by atoms with E-state index in [-0.39, 0.29) is 0 Å². The predicted octanol–water partition coefficient (Wildman–Crippen LogP) is 8.39. The van der Waals surface area contributed by atoms with E-state index in [1.807, 2.05) is 0 Å². The van der Waals surface area contributed by atoms with Gasteiger partial charge in [-0.15, -0.1) is 0 Å². The molecule has 0 radical (unpaired) electrons. The second kappa shape index (κ2) is 15.5. The monoisotopic (exact) mass is 382 g/mol. The van der Waals surface area contributed by atoms with Crippen molar-refractivity contribution in [1.29, 1.82) is 0 Å². The van der Waals surface area contributed by atoms with Crippen LogP contribution in [-0.4, -0.2) is 0 Å². The molecule has 0 saturated heterocycles. The van der Waals surface area contributed by atoms with Crippen molar-refractivity contribution in [3.8, 4) is 0 Å². The number of pyridine rings is 1. The summed E-state index contributed by atoms with van der Waals surface area (Å²) in [5, 5.41) is 1.35. The molecule has 0 spiro atoms. The third kappa shape index (κ3) is 9.71. The minimum Gasteiger partial charge on any atom is -0.198 e. The van der Waals surface area contributed by atoms with Crippen LogP contribution in [0.4, 0.5) is 0 Å². The van der Waals surface area contributed by atoms with Crippen LogP contribution in [0.5, 0.6) is 0 Å². The summed E-state index contributed by atoms with van der Waals surface area (Å²) < 4.78 is 2.42. The Morgan fingerprint density at radius 2 is 1.00 bits per heavy atom. The van der Waals surface area contributed by atoms with Gasteiger partial charge in [0.1, 0.15) is 6.54 Å². The topological polar surface area (TPSA) is 3.88 Å². The van der Waals surface area contributed by atoms with Crippen molar-refractivity contribution < 1.29 is 4.57 Å². The Balaban J connectivity index is 1.37. The number of rotatable bonds is 17. The van der Waals surface area contributed by atoms with Crippen LogP contribution in [-0.2, 0) is 6.54 Å². The highest BCUT2D eigenvalue weighted by molar-refractivity contribution is 5.74. The lowest BCUT2D eigenvalue weighted by Crippen LogP contribution is -2.33. The Kier molecular flexibility index (Phi) is 12.7. The molecule has 1 heterocycles. The van der Waals surface area contributed by atoms with Gasteiger partial charge in [0.2, 0.25) is 5.52 Å². The molecule has 1 nitrogen and oxygen atoms in total. The lowest BCUT2D eigenvalue weighted by Gasteiger charge is -2.04. The average Bonchev–Trinajstić information content (AvgIpc) is 2.73. The third-order valence-corrected chi connectivity index (χ3v) is 6.04. The van der Waals surface area contributed by atoms with E-state index in [1.54, 1.807) is 0 Å². The first-order valence-corrected chi connectivity index (χ1v) is 12.3. The number of fused-ring (bicyclic) bond motifs is 1. The lowest BCUT2D eigenvalue weighted by molar-refractivity contribution is -0.671. The lowest BCUT2D eigenvalue weighted by atomic mass is 10.0. The molecule has 0 N–H and O–H groups in total. The van der Waals surface area contributed by atoms with E-state index in [1.165, 1.54) is 114 Å². The molecule has 0 aliphatic rings. The minimum absolute atomic E-state index is 1.15. The summed E-state index contributed by atoms with van der Waals surface area (Å²) in [5.41, 5.74) is 1.37. The van der Waals surface area contributed by atoms with E-state index in [9.17, 15) is 0 Å². The van der Waals surface area contributed by atoms with E-state index in [2.05, 4.69) is 54.1 Å². The quantitative estimate of drug-likeness (QED) is 0.191. The van der Waals surface area contributed by atoms with Crippen molar-refractivity contribution in [1.82, 2.24) is 0 Å². The van der Waals surface area contributed by atoms with Crippen LogP contribution in [0.2, 0.25) is 0 Å². The predicted molar refractivity (Wildman–Crippen MR) is 124 cm³/mol. The molecule has 1 aromatic carbocycles. The largest absolute Gasteiger partial charge is 0.212 e. The van der Waals surface area contributed by atoms with Crippen molar-refractivity contribution in [3.63, 3.8) is 0 Å².